The highest BCUT2D eigenvalue weighted by molar-refractivity contribution is 7.94. The van der Waals surface area contributed by atoms with Crippen LogP contribution in [0.3, 0.4) is 0 Å². The van der Waals surface area contributed by atoms with Crippen LogP contribution in [0, 0.1) is 12.8 Å². The summed E-state index contributed by atoms with van der Waals surface area (Å²) in [5, 5.41) is 12.2. The van der Waals surface area contributed by atoms with E-state index in [1.54, 1.807) is 24.3 Å². The maximum atomic E-state index is 12.8. The maximum Gasteiger partial charge on any atom is 0.202 e. The first-order valence-corrected chi connectivity index (χ1v) is 14.0. The van der Waals surface area contributed by atoms with Gasteiger partial charge in [0.2, 0.25) is 9.84 Å². The molecular formula is C30H38O4S. The minimum atomic E-state index is -3.65. The van der Waals surface area contributed by atoms with Crippen LogP contribution in [-0.2, 0) is 16.3 Å². The fraction of sp³-hybridized carbons (Fsp3) is 0.400. The third-order valence-corrected chi connectivity index (χ3v) is 8.14. The van der Waals surface area contributed by atoms with Crippen LogP contribution in [0.2, 0.25) is 0 Å². The lowest BCUT2D eigenvalue weighted by Crippen LogP contribution is -2.17. The van der Waals surface area contributed by atoms with Crippen LogP contribution >= 0.6 is 0 Å². The van der Waals surface area contributed by atoms with Crippen LogP contribution in [0.4, 0.5) is 0 Å². The van der Waals surface area contributed by atoms with Gasteiger partial charge in [0.05, 0.1) is 10.3 Å². The first kappa shape index (κ1) is 26.8. The number of sulfone groups is 1. The summed E-state index contributed by atoms with van der Waals surface area (Å²) in [6.07, 6.45) is 9.42. The standard InChI is InChI=1S/C30H38O4S/c1-6-7-8-9-24-19-28(31)30(27-18-23(5)12-15-26(27)21(2)3)29(20-24)34-16-17-35(32,33)25-13-10-22(4)11-14-25/h10-11,13-14,16-20,26-27,31H,2,6-9,12,15H2,1,3-5H3/b17-16-/t26-,27+/m0/s1. The van der Waals surface area contributed by atoms with Gasteiger partial charge in [-0.25, -0.2) is 8.42 Å². The summed E-state index contributed by atoms with van der Waals surface area (Å²) in [6.45, 7) is 12.4. The molecule has 0 unspecified atom stereocenters. The summed E-state index contributed by atoms with van der Waals surface area (Å²) in [6, 6.07) is 10.5. The molecule has 5 heteroatoms. The van der Waals surface area contributed by atoms with Crippen molar-refractivity contribution in [2.45, 2.75) is 77.0 Å². The van der Waals surface area contributed by atoms with Crippen LogP contribution in [0.25, 0.3) is 0 Å². The van der Waals surface area contributed by atoms with E-state index in [0.29, 0.717) is 11.3 Å². The van der Waals surface area contributed by atoms with Gasteiger partial charge in [0, 0.05) is 11.5 Å². The van der Waals surface area contributed by atoms with Crippen molar-refractivity contribution in [2.24, 2.45) is 5.92 Å². The molecule has 1 aliphatic carbocycles. The number of hydrogen-bond donors (Lipinski definition) is 1. The Bertz CT molecular complexity index is 1200. The molecule has 0 saturated heterocycles. The molecule has 3 rings (SSSR count). The van der Waals surface area contributed by atoms with Crippen LogP contribution in [0.5, 0.6) is 11.5 Å². The normalized spacial score (nSPS) is 18.5. The SMILES string of the molecule is C=C(C)[C@@H]1CCC(C)=C[C@H]1c1c(O)cc(CCCCC)cc1O/C=C\S(=O)(=O)c1ccc(C)cc1. The molecule has 0 heterocycles. The lowest BCUT2D eigenvalue weighted by Gasteiger charge is -2.32. The molecule has 4 nitrogen and oxygen atoms in total. The van der Waals surface area contributed by atoms with Crippen LogP contribution < -0.4 is 4.74 Å². The largest absolute Gasteiger partial charge is 0.507 e. The molecule has 0 bridgehead atoms. The molecule has 35 heavy (non-hydrogen) atoms. The molecule has 2 aromatic rings. The minimum absolute atomic E-state index is 0.0805. The summed E-state index contributed by atoms with van der Waals surface area (Å²) in [7, 11) is -3.65. The Morgan fingerprint density at radius 1 is 1.17 bits per heavy atom. The zero-order valence-electron chi connectivity index (χ0n) is 21.4. The second-order valence-corrected chi connectivity index (χ2v) is 11.6. The number of phenols is 1. The van der Waals surface area contributed by atoms with E-state index in [2.05, 4.69) is 26.5 Å². The number of allylic oxidation sites excluding steroid dienone is 3. The molecular weight excluding hydrogens is 456 g/mol. The number of ether oxygens (including phenoxy) is 1. The molecule has 2 atom stereocenters. The van der Waals surface area contributed by atoms with Gasteiger partial charge in [0.25, 0.3) is 0 Å². The first-order chi connectivity index (χ1) is 16.6. The van der Waals surface area contributed by atoms with E-state index in [1.807, 2.05) is 26.0 Å². The van der Waals surface area contributed by atoms with Gasteiger partial charge in [0.1, 0.15) is 17.8 Å². The summed E-state index contributed by atoms with van der Waals surface area (Å²) in [4.78, 5) is 0.215. The van der Waals surface area contributed by atoms with E-state index >= 15 is 0 Å². The molecule has 1 N–H and O–H groups in total. The number of hydrogen-bond acceptors (Lipinski definition) is 4. The van der Waals surface area contributed by atoms with Gasteiger partial charge in [-0.1, -0.05) is 61.3 Å². The predicted molar refractivity (Wildman–Crippen MR) is 144 cm³/mol. The smallest absolute Gasteiger partial charge is 0.202 e. The second-order valence-electron chi connectivity index (χ2n) is 9.76. The average Bonchev–Trinajstić information content (AvgIpc) is 2.79. The van der Waals surface area contributed by atoms with Crippen molar-refractivity contribution in [2.75, 3.05) is 0 Å². The lowest BCUT2D eigenvalue weighted by atomic mass is 9.73. The highest BCUT2D eigenvalue weighted by Crippen LogP contribution is 2.47. The van der Waals surface area contributed by atoms with Gasteiger partial charge in [-0.2, -0.15) is 0 Å². The van der Waals surface area contributed by atoms with E-state index < -0.39 is 9.84 Å². The number of phenolic OH excluding ortho intramolecular Hbond substituents is 1. The van der Waals surface area contributed by atoms with Crippen LogP contribution in [0.15, 0.2) is 76.8 Å². The first-order valence-electron chi connectivity index (χ1n) is 12.5. The summed E-state index contributed by atoms with van der Waals surface area (Å²) in [5.41, 5.74) is 4.99. The van der Waals surface area contributed by atoms with E-state index in [1.165, 1.54) is 11.8 Å². The average molecular weight is 495 g/mol. The van der Waals surface area contributed by atoms with Gasteiger partial charge >= 0.3 is 0 Å². The molecule has 0 saturated carbocycles. The molecule has 188 valence electrons. The summed E-state index contributed by atoms with van der Waals surface area (Å²) >= 11 is 0. The number of benzene rings is 2. The lowest BCUT2D eigenvalue weighted by molar-refractivity contribution is 0.410. The topological polar surface area (TPSA) is 63.6 Å². The molecule has 0 spiro atoms. The van der Waals surface area contributed by atoms with Gasteiger partial charge in [-0.3, -0.25) is 0 Å². The predicted octanol–water partition coefficient (Wildman–Crippen LogP) is 7.77. The Morgan fingerprint density at radius 3 is 2.54 bits per heavy atom. The highest BCUT2D eigenvalue weighted by atomic mass is 32.2. The van der Waals surface area contributed by atoms with Crippen molar-refractivity contribution in [1.82, 2.24) is 0 Å². The summed E-state index contributed by atoms with van der Waals surface area (Å²) in [5.74, 6) is 0.779. The van der Waals surface area contributed by atoms with Crippen molar-refractivity contribution in [3.8, 4) is 11.5 Å². The Hall–Kier alpha value is -2.79. The van der Waals surface area contributed by atoms with Gasteiger partial charge in [0.15, 0.2) is 0 Å². The zero-order chi connectivity index (χ0) is 25.6. The van der Waals surface area contributed by atoms with E-state index in [0.717, 1.165) is 60.6 Å². The van der Waals surface area contributed by atoms with Crippen molar-refractivity contribution in [1.29, 1.82) is 0 Å². The number of unbranched alkanes of at least 4 members (excludes halogenated alkanes) is 2. The molecule has 2 aromatic carbocycles. The second kappa shape index (κ2) is 11.8. The molecule has 1 aliphatic rings. The zero-order valence-corrected chi connectivity index (χ0v) is 22.2. The fourth-order valence-corrected chi connectivity index (χ4v) is 5.58. The van der Waals surface area contributed by atoms with Crippen molar-refractivity contribution < 1.29 is 18.3 Å². The fourth-order valence-electron chi connectivity index (χ4n) is 4.71. The quantitative estimate of drug-likeness (QED) is 0.208. The Balaban J connectivity index is 1.99. The van der Waals surface area contributed by atoms with E-state index in [9.17, 15) is 13.5 Å². The van der Waals surface area contributed by atoms with Gasteiger partial charge < -0.3 is 9.84 Å². The van der Waals surface area contributed by atoms with Crippen LogP contribution in [0.1, 0.15) is 75.5 Å². The molecule has 0 fully saturated rings. The number of aromatic hydroxyl groups is 1. The minimum Gasteiger partial charge on any atom is -0.507 e. The van der Waals surface area contributed by atoms with Crippen molar-refractivity contribution in [3.63, 3.8) is 0 Å². The third-order valence-electron chi connectivity index (χ3n) is 6.74. The van der Waals surface area contributed by atoms with E-state index in [-0.39, 0.29) is 22.5 Å². The van der Waals surface area contributed by atoms with E-state index in [4.69, 9.17) is 4.74 Å². The Kier molecular flexibility index (Phi) is 9.01. The molecule has 0 radical (unpaired) electrons. The summed E-state index contributed by atoms with van der Waals surface area (Å²) < 4.78 is 31.5. The Labute approximate surface area is 211 Å². The number of aryl methyl sites for hydroxylation is 2. The van der Waals surface area contributed by atoms with Crippen LogP contribution in [-0.4, -0.2) is 13.5 Å². The highest BCUT2D eigenvalue weighted by Gasteiger charge is 2.30. The third kappa shape index (κ3) is 6.88. The Morgan fingerprint density at radius 2 is 1.89 bits per heavy atom. The number of rotatable bonds is 10. The molecule has 0 aliphatic heterocycles. The van der Waals surface area contributed by atoms with Crippen molar-refractivity contribution in [3.05, 3.63) is 88.6 Å². The van der Waals surface area contributed by atoms with Crippen molar-refractivity contribution >= 4 is 9.84 Å². The van der Waals surface area contributed by atoms with Gasteiger partial charge in [-0.15, -0.1) is 0 Å². The molecule has 0 aromatic heterocycles. The monoisotopic (exact) mass is 494 g/mol. The van der Waals surface area contributed by atoms with Gasteiger partial charge in [-0.05, 0) is 82.2 Å². The molecule has 0 amide bonds. The maximum absolute atomic E-state index is 12.8.